The average molecular weight is 2010 g/mol. The number of H-pyrrole nitrogens is 2. The van der Waals surface area contributed by atoms with E-state index in [1.165, 1.54) is 43.7 Å². The number of nitrogens with two attached hydrogens (primary N) is 4. The number of aromatic nitrogens is 2. The summed E-state index contributed by atoms with van der Waals surface area (Å²) < 4.78 is 0. The molecule has 19 amide bonds. The molecule has 0 unspecified atom stereocenters. The molecule has 143 heavy (non-hydrogen) atoms. The van der Waals surface area contributed by atoms with Gasteiger partial charge in [-0.1, -0.05) is 91.8 Å². The van der Waals surface area contributed by atoms with Crippen LogP contribution in [0.5, 0.6) is 0 Å². The Balaban J connectivity index is 1.18. The number of carbonyl (C=O) groups is 21. The molecule has 4 heterocycles. The fourth-order valence-electron chi connectivity index (χ4n) is 16.5. The minimum Gasteiger partial charge on any atom is -0.481 e. The third kappa shape index (κ3) is 36.3. The van der Waals surface area contributed by atoms with E-state index in [1.54, 1.807) is 110 Å². The lowest BCUT2D eigenvalue weighted by Gasteiger charge is -2.34. The van der Waals surface area contributed by atoms with Gasteiger partial charge in [0, 0.05) is 73.0 Å². The van der Waals surface area contributed by atoms with Crippen LogP contribution in [0.1, 0.15) is 204 Å². The van der Waals surface area contributed by atoms with Gasteiger partial charge >= 0.3 is 11.9 Å². The number of rotatable bonds is 58. The first kappa shape index (κ1) is 118. The number of nitrogens with zero attached hydrogens (tertiary/aromatic N) is 2. The minimum absolute atomic E-state index is 0.0128. The van der Waals surface area contributed by atoms with Crippen molar-refractivity contribution in [3.63, 3.8) is 0 Å². The van der Waals surface area contributed by atoms with Crippen LogP contribution in [0.25, 0.3) is 21.8 Å². The van der Waals surface area contributed by atoms with Gasteiger partial charge in [-0.3, -0.25) is 95.9 Å². The second-order valence-electron chi connectivity index (χ2n) is 38.3. The van der Waals surface area contributed by atoms with Crippen LogP contribution in [0.2, 0.25) is 0 Å². The lowest BCUT2D eigenvalue weighted by Crippen LogP contribution is -2.62. The standard InChI is InChI=1S/C95H145N23O25/c1-45(2)37-64(108-88(135)69(42-74(123)124)112-87(134)68(41-56-44-101-61-26-18-16-24-58(56)61)113-92(139)76(53(13)119)115-81(128)52(12)104-79(126)50(10)102-78(125)49(9)103-80(127)51(11)105-82(129)59(97)30-32-72(98)121)85(132)109-66(39-47(5)6)90(137)116-77(54(14)120)91(138)107-62(27-19-20-34-96)83(130)106-63(31-33-73(99)122)84(131)111-67(40-55-43-100-60-25-17-15-23-57(55)60)86(133)110-65(38-46(3)4)89(136)114-75(48(7)8)94(141)117-35-21-28-70(117)93(140)118-36-22-29-71(118)95(142)143/h15-18,23-26,43-54,59,62-71,75-77,100-101,119-120H,19-22,27-42,96-97H2,1-14H3,(H2,98,121)(H2,99,122)(H,102,125)(H,103,127)(H,104,126)(H,105,129)(H,106,130)(H,107,138)(H,108,135)(H,109,132)(H,110,133)(H,111,131)(H,112,134)(H,113,139)(H,114,136)(H,115,128)(H,116,137)(H,123,124)(H,142,143)/t49-,50-,51-,52-,53+,54+,59-,62-,63-,64-,65-,66-,67-,68-,69-,70-,71-,75-,76-,77-/m0/s1. The number of primary amides is 2. The van der Waals surface area contributed by atoms with E-state index in [-0.39, 0.29) is 96.2 Å². The zero-order valence-electron chi connectivity index (χ0n) is 83.3. The predicted molar refractivity (Wildman–Crippen MR) is 519 cm³/mol. The van der Waals surface area contributed by atoms with Gasteiger partial charge in [-0.2, -0.15) is 0 Å². The Kier molecular flexibility index (Phi) is 46.3. The molecule has 2 saturated heterocycles. The molecule has 48 nitrogen and oxygen atoms in total. The Labute approximate surface area is 828 Å². The van der Waals surface area contributed by atoms with E-state index in [9.17, 15) is 112 Å². The zero-order valence-corrected chi connectivity index (χ0v) is 83.3. The van der Waals surface area contributed by atoms with Gasteiger partial charge in [0.25, 0.3) is 0 Å². The molecule has 29 N–H and O–H groups in total. The molecule has 2 aliphatic heterocycles. The summed E-state index contributed by atoms with van der Waals surface area (Å²) in [5.41, 5.74) is 24.5. The number of carboxylic acids is 2. The number of likely N-dealkylation sites (tertiary alicyclic amines) is 2. The first-order chi connectivity index (χ1) is 67.2. The lowest BCUT2D eigenvalue weighted by atomic mass is 9.98. The van der Waals surface area contributed by atoms with Crippen molar-refractivity contribution in [2.24, 2.45) is 46.6 Å². The molecule has 2 aromatic heterocycles. The number of amides is 19. The fourth-order valence-corrected chi connectivity index (χ4v) is 16.5. The van der Waals surface area contributed by atoms with E-state index in [2.05, 4.69) is 89.7 Å². The van der Waals surface area contributed by atoms with E-state index in [4.69, 9.17) is 22.9 Å². The number of aliphatic hydroxyl groups is 2. The molecule has 0 aliphatic carbocycles. The van der Waals surface area contributed by atoms with Gasteiger partial charge in [0.05, 0.1) is 24.7 Å². The van der Waals surface area contributed by atoms with Crippen LogP contribution in [0.4, 0.5) is 0 Å². The third-order valence-corrected chi connectivity index (χ3v) is 24.4. The van der Waals surface area contributed by atoms with E-state index in [0.717, 1.165) is 13.8 Å². The highest BCUT2D eigenvalue weighted by Crippen LogP contribution is 2.29. The largest absolute Gasteiger partial charge is 0.481 e. The number of hydrogen-bond donors (Lipinski definition) is 25. The maximum atomic E-state index is 15.1. The Morgan fingerprint density at radius 2 is 0.713 bits per heavy atom. The highest BCUT2D eigenvalue weighted by Gasteiger charge is 2.47. The molecule has 4 aromatic rings. The molecule has 2 aliphatic rings. The number of unbranched alkanes of at least 4 members (excludes halogenated alkanes) is 1. The topological polar surface area (TPSA) is 762 Å². The van der Waals surface area contributed by atoms with Crippen LogP contribution in [-0.2, 0) is 114 Å². The van der Waals surface area contributed by atoms with Gasteiger partial charge < -0.3 is 143 Å². The summed E-state index contributed by atoms with van der Waals surface area (Å²) in [7, 11) is 0. The van der Waals surface area contributed by atoms with E-state index in [1.807, 2.05) is 0 Å². The Morgan fingerprint density at radius 1 is 0.378 bits per heavy atom. The molecule has 2 fully saturated rings. The van der Waals surface area contributed by atoms with Crippen molar-refractivity contribution in [3.05, 3.63) is 72.1 Å². The molecule has 790 valence electrons. The fraction of sp³-hybridized carbons (Fsp3) is 0.611. The monoisotopic (exact) mass is 2010 g/mol. The number of aromatic amines is 2. The number of para-hydroxylation sites is 2. The third-order valence-electron chi connectivity index (χ3n) is 24.4. The van der Waals surface area contributed by atoms with Crippen molar-refractivity contribution in [1.29, 1.82) is 0 Å². The quantitative estimate of drug-likeness (QED) is 0.0187. The normalized spacial score (nSPS) is 17.4. The molecule has 0 radical (unpaired) electrons. The summed E-state index contributed by atoms with van der Waals surface area (Å²) >= 11 is 0. The van der Waals surface area contributed by atoms with Crippen molar-refractivity contribution >= 4 is 146 Å². The van der Waals surface area contributed by atoms with Crippen LogP contribution >= 0.6 is 0 Å². The number of aliphatic hydroxyl groups excluding tert-OH is 2. The summed E-state index contributed by atoms with van der Waals surface area (Å²) in [4.78, 5) is 300. The minimum atomic E-state index is -2.06. The first-order valence-electron chi connectivity index (χ1n) is 48.3. The Hall–Kier alpha value is -13.8. The van der Waals surface area contributed by atoms with Crippen molar-refractivity contribution in [2.75, 3.05) is 19.6 Å². The smallest absolute Gasteiger partial charge is 0.326 e. The second kappa shape index (κ2) is 56.2. The number of benzene rings is 2. The Morgan fingerprint density at radius 3 is 1.13 bits per heavy atom. The number of carboxylic acid groups (broad SMARTS) is 2. The van der Waals surface area contributed by atoms with Gasteiger partial charge in [0.15, 0.2) is 0 Å². The van der Waals surface area contributed by atoms with Crippen LogP contribution in [0, 0.1) is 23.7 Å². The summed E-state index contributed by atoms with van der Waals surface area (Å²) in [5.74, 6) is -22.7. The van der Waals surface area contributed by atoms with Crippen LogP contribution in [-0.4, -0.2) is 305 Å². The Bertz CT molecular complexity index is 5170. The molecule has 0 spiro atoms. The molecule has 2 aromatic carbocycles. The molecular weight excluding hydrogens is 1860 g/mol. The van der Waals surface area contributed by atoms with Crippen molar-refractivity contribution < 1.29 is 121 Å². The first-order valence-corrected chi connectivity index (χ1v) is 48.3. The van der Waals surface area contributed by atoms with E-state index < -0.39 is 289 Å². The van der Waals surface area contributed by atoms with E-state index >= 15 is 9.59 Å². The second-order valence-corrected chi connectivity index (χ2v) is 38.3. The van der Waals surface area contributed by atoms with Crippen LogP contribution in [0.15, 0.2) is 60.9 Å². The number of fused-ring (bicyclic) bond motifs is 2. The van der Waals surface area contributed by atoms with Gasteiger partial charge in [-0.15, -0.1) is 0 Å². The molecule has 0 bridgehead atoms. The highest BCUT2D eigenvalue weighted by atomic mass is 16.4. The molecule has 0 saturated carbocycles. The van der Waals surface area contributed by atoms with E-state index in [0.29, 0.717) is 45.8 Å². The van der Waals surface area contributed by atoms with Crippen LogP contribution in [0.3, 0.4) is 0 Å². The number of carbonyl (C=O) groups excluding carboxylic acids is 19. The number of nitrogens with one attached hydrogen (secondary N) is 17. The van der Waals surface area contributed by atoms with Gasteiger partial charge in [0.2, 0.25) is 112 Å². The summed E-state index contributed by atoms with van der Waals surface area (Å²) in [5, 5.41) is 81.4. The van der Waals surface area contributed by atoms with Crippen LogP contribution < -0.4 is 103 Å². The summed E-state index contributed by atoms with van der Waals surface area (Å²) in [6.45, 7) is 21.2. The van der Waals surface area contributed by atoms with Gasteiger partial charge in [-0.05, 0) is 172 Å². The average Bonchev–Trinajstić information content (AvgIpc) is 1.89. The SMILES string of the molecule is CC(C)C[C@H](NC(=O)[C@H](CC(=O)O)NC(=O)[C@H](Cc1c[nH]c2ccccc12)NC(=O)[C@@H](NC(=O)[C@H](C)NC(=O)[C@H](C)NC(=O)[C@H](C)NC(=O)[C@H](C)NC(=O)[C@@H](N)CCC(N)=O)[C@@H](C)O)C(=O)N[C@@H](CC(C)C)C(=O)N[C@H](C(=O)N[C@@H](CCCCN)C(=O)N[C@@H](CCC(N)=O)C(=O)N[C@@H](Cc1c[nH]c2ccccc12)C(=O)N[C@@H](CC(C)C)C(=O)N[C@H](C(=O)N1CCC[C@H]1C(=O)N1CCC[C@H]1C(=O)O)C(C)C)[C@@H](C)O. The van der Waals surface area contributed by atoms with Crippen molar-refractivity contribution in [1.82, 2.24) is 99.5 Å². The maximum Gasteiger partial charge on any atom is 0.326 e. The maximum absolute atomic E-state index is 15.1. The van der Waals surface area contributed by atoms with Crippen molar-refractivity contribution in [2.45, 2.75) is 327 Å². The lowest BCUT2D eigenvalue weighted by molar-refractivity contribution is -0.152. The van der Waals surface area contributed by atoms with Gasteiger partial charge in [0.1, 0.15) is 103 Å². The summed E-state index contributed by atoms with van der Waals surface area (Å²) in [6, 6.07) is -13.4. The molecule has 48 heteroatoms. The van der Waals surface area contributed by atoms with Crippen molar-refractivity contribution in [3.8, 4) is 0 Å². The summed E-state index contributed by atoms with van der Waals surface area (Å²) in [6.07, 6.45) is -2.44. The number of aliphatic carboxylic acids is 2. The molecule has 20 atom stereocenters. The molecule has 6 rings (SSSR count). The number of hydrogen-bond acceptors (Lipinski definition) is 25. The predicted octanol–water partition coefficient (Wildman–Crippen LogP) is -4.13. The molecular formula is C95H145N23O25. The highest BCUT2D eigenvalue weighted by molar-refractivity contribution is 6.03. The van der Waals surface area contributed by atoms with Gasteiger partial charge in [-0.25, -0.2) is 4.79 Å². The zero-order chi connectivity index (χ0) is 107.